The lowest BCUT2D eigenvalue weighted by molar-refractivity contribution is -0.127. The number of para-hydroxylation sites is 1. The van der Waals surface area contributed by atoms with E-state index in [0.29, 0.717) is 6.54 Å². The van der Waals surface area contributed by atoms with Gasteiger partial charge in [0.15, 0.2) is 0 Å². The van der Waals surface area contributed by atoms with Gasteiger partial charge in [-0.05, 0) is 37.0 Å². The van der Waals surface area contributed by atoms with Crippen molar-refractivity contribution in [1.29, 1.82) is 0 Å². The fourth-order valence-electron chi connectivity index (χ4n) is 3.12. The van der Waals surface area contributed by atoms with Gasteiger partial charge in [0.1, 0.15) is 0 Å². The largest absolute Gasteiger partial charge is 0.354 e. The van der Waals surface area contributed by atoms with Gasteiger partial charge in [-0.2, -0.15) is 5.10 Å². The van der Waals surface area contributed by atoms with Crippen LogP contribution in [0.1, 0.15) is 37.7 Å². The van der Waals surface area contributed by atoms with E-state index in [2.05, 4.69) is 10.4 Å². The summed E-state index contributed by atoms with van der Waals surface area (Å²) >= 11 is 0. The second-order valence-electron chi connectivity index (χ2n) is 6.35. The lowest BCUT2D eigenvalue weighted by Gasteiger charge is -2.31. The van der Waals surface area contributed by atoms with E-state index in [4.69, 9.17) is 5.73 Å². The maximum atomic E-state index is 12.3. The van der Waals surface area contributed by atoms with Crippen LogP contribution < -0.4 is 11.1 Å². The summed E-state index contributed by atoms with van der Waals surface area (Å²) in [5.74, 6) is -0.00680. The first-order valence-corrected chi connectivity index (χ1v) is 8.34. The number of hydrogen-bond donors (Lipinski definition) is 2. The molecule has 3 N–H and O–H groups in total. The van der Waals surface area contributed by atoms with Crippen molar-refractivity contribution in [3.63, 3.8) is 0 Å². The van der Waals surface area contributed by atoms with Crippen LogP contribution >= 0.6 is 12.4 Å². The molecule has 5 nitrogen and oxygen atoms in total. The molecule has 0 atom stereocenters. The molecular formula is C18H25ClN4O. The molecule has 0 unspecified atom stereocenters. The molecule has 1 aliphatic rings. The summed E-state index contributed by atoms with van der Waals surface area (Å²) in [7, 11) is 0. The summed E-state index contributed by atoms with van der Waals surface area (Å²) in [6, 6.07) is 9.99. The van der Waals surface area contributed by atoms with Crippen molar-refractivity contribution in [3.05, 3.63) is 48.3 Å². The number of benzene rings is 1. The first-order chi connectivity index (χ1) is 11.2. The summed E-state index contributed by atoms with van der Waals surface area (Å²) < 4.78 is 1.85. The molecule has 6 heteroatoms. The Morgan fingerprint density at radius 2 is 1.92 bits per heavy atom. The molecule has 2 aromatic rings. The van der Waals surface area contributed by atoms with Crippen molar-refractivity contribution in [2.45, 2.75) is 44.1 Å². The van der Waals surface area contributed by atoms with Gasteiger partial charge in [-0.1, -0.05) is 37.5 Å². The van der Waals surface area contributed by atoms with Gasteiger partial charge in [0.25, 0.3) is 0 Å². The average molecular weight is 349 g/mol. The Morgan fingerprint density at radius 1 is 1.21 bits per heavy atom. The SMILES string of the molecule is Cl.NC1(C(=O)NCCc2cnn(-c3ccccc3)c2)CCCCC1. The van der Waals surface area contributed by atoms with Crippen molar-refractivity contribution in [2.24, 2.45) is 5.73 Å². The third-order valence-corrected chi connectivity index (χ3v) is 4.55. The van der Waals surface area contributed by atoms with Gasteiger partial charge in [0.2, 0.25) is 5.91 Å². The topological polar surface area (TPSA) is 72.9 Å². The number of aromatic nitrogens is 2. The Balaban J connectivity index is 0.00000208. The van der Waals surface area contributed by atoms with Crippen LogP contribution in [-0.4, -0.2) is 27.8 Å². The highest BCUT2D eigenvalue weighted by Crippen LogP contribution is 2.25. The summed E-state index contributed by atoms with van der Waals surface area (Å²) in [6.07, 6.45) is 9.48. The fraction of sp³-hybridized carbons (Fsp3) is 0.444. The molecule has 0 radical (unpaired) electrons. The standard InChI is InChI=1S/C18H24N4O.ClH/c19-18(10-5-2-6-11-18)17(23)20-12-9-15-13-21-22(14-15)16-7-3-1-4-8-16;/h1,3-4,7-8,13-14H,2,5-6,9-12,19H2,(H,20,23);1H. The second-order valence-corrected chi connectivity index (χ2v) is 6.35. The molecule has 0 aliphatic heterocycles. The van der Waals surface area contributed by atoms with Gasteiger partial charge in [0.05, 0.1) is 17.4 Å². The number of nitrogens with two attached hydrogens (primary N) is 1. The number of carbonyl (C=O) groups excluding carboxylic acids is 1. The molecule has 1 heterocycles. The average Bonchev–Trinajstić information content (AvgIpc) is 3.05. The molecule has 1 aliphatic carbocycles. The quantitative estimate of drug-likeness (QED) is 0.872. The van der Waals surface area contributed by atoms with Crippen molar-refractivity contribution in [2.75, 3.05) is 6.54 Å². The molecule has 24 heavy (non-hydrogen) atoms. The Hall–Kier alpha value is -1.85. The smallest absolute Gasteiger partial charge is 0.240 e. The van der Waals surface area contributed by atoms with Crippen molar-refractivity contribution in [3.8, 4) is 5.69 Å². The lowest BCUT2D eigenvalue weighted by atomic mass is 9.82. The van der Waals surface area contributed by atoms with Gasteiger partial charge in [0, 0.05) is 12.7 Å². The van der Waals surface area contributed by atoms with E-state index in [-0.39, 0.29) is 18.3 Å². The number of rotatable bonds is 5. The van der Waals surface area contributed by atoms with Crippen LogP contribution in [0.4, 0.5) is 0 Å². The molecule has 1 aromatic carbocycles. The minimum absolute atomic E-state index is 0. The highest BCUT2D eigenvalue weighted by Gasteiger charge is 2.34. The monoisotopic (exact) mass is 348 g/mol. The molecule has 0 saturated heterocycles. The maximum Gasteiger partial charge on any atom is 0.240 e. The Kier molecular flexibility index (Phi) is 6.40. The first-order valence-electron chi connectivity index (χ1n) is 8.34. The third-order valence-electron chi connectivity index (χ3n) is 4.55. The molecule has 1 fully saturated rings. The minimum Gasteiger partial charge on any atom is -0.354 e. The Bertz CT molecular complexity index is 650. The van der Waals surface area contributed by atoms with Crippen molar-refractivity contribution >= 4 is 18.3 Å². The van der Waals surface area contributed by atoms with Crippen LogP contribution in [0.2, 0.25) is 0 Å². The normalized spacial score (nSPS) is 16.2. The van der Waals surface area contributed by atoms with Gasteiger partial charge >= 0.3 is 0 Å². The van der Waals surface area contributed by atoms with Crippen LogP contribution in [0.25, 0.3) is 5.69 Å². The van der Waals surface area contributed by atoms with Gasteiger partial charge < -0.3 is 11.1 Å². The third kappa shape index (κ3) is 4.36. The van der Waals surface area contributed by atoms with Gasteiger partial charge in [-0.3, -0.25) is 4.79 Å². The van der Waals surface area contributed by atoms with E-state index in [9.17, 15) is 4.79 Å². The summed E-state index contributed by atoms with van der Waals surface area (Å²) in [6.45, 7) is 0.596. The number of hydrogen-bond acceptors (Lipinski definition) is 3. The van der Waals surface area contributed by atoms with Crippen LogP contribution in [-0.2, 0) is 11.2 Å². The lowest BCUT2D eigenvalue weighted by Crippen LogP contribution is -2.55. The predicted molar refractivity (Wildman–Crippen MR) is 97.5 cm³/mol. The highest BCUT2D eigenvalue weighted by molar-refractivity contribution is 5.86. The fourth-order valence-corrected chi connectivity index (χ4v) is 3.12. The van der Waals surface area contributed by atoms with Crippen LogP contribution in [0.15, 0.2) is 42.7 Å². The van der Waals surface area contributed by atoms with E-state index in [1.54, 1.807) is 0 Å². The number of nitrogens with zero attached hydrogens (tertiary/aromatic N) is 2. The molecular weight excluding hydrogens is 324 g/mol. The van der Waals surface area contributed by atoms with E-state index in [1.807, 2.05) is 47.4 Å². The summed E-state index contributed by atoms with van der Waals surface area (Å²) in [4.78, 5) is 12.3. The predicted octanol–water partition coefficient (Wildman–Crippen LogP) is 2.61. The summed E-state index contributed by atoms with van der Waals surface area (Å²) in [5, 5.41) is 7.36. The van der Waals surface area contributed by atoms with Crippen LogP contribution in [0, 0.1) is 0 Å². The molecule has 3 rings (SSSR count). The zero-order chi connectivity index (χ0) is 16.1. The van der Waals surface area contributed by atoms with Crippen molar-refractivity contribution < 1.29 is 4.79 Å². The zero-order valence-electron chi connectivity index (χ0n) is 13.8. The van der Waals surface area contributed by atoms with E-state index in [0.717, 1.165) is 43.4 Å². The second kappa shape index (κ2) is 8.31. The number of halogens is 1. The molecule has 1 saturated carbocycles. The summed E-state index contributed by atoms with van der Waals surface area (Å²) in [5.41, 5.74) is 7.71. The first kappa shape index (κ1) is 18.5. The minimum atomic E-state index is -0.660. The maximum absolute atomic E-state index is 12.3. The van der Waals surface area contributed by atoms with E-state index < -0.39 is 5.54 Å². The molecule has 1 aromatic heterocycles. The number of carbonyl (C=O) groups is 1. The van der Waals surface area contributed by atoms with Crippen LogP contribution in [0.5, 0.6) is 0 Å². The van der Waals surface area contributed by atoms with Crippen molar-refractivity contribution in [1.82, 2.24) is 15.1 Å². The number of nitrogens with one attached hydrogen (secondary N) is 1. The molecule has 0 bridgehead atoms. The number of amides is 1. The van der Waals surface area contributed by atoms with E-state index in [1.165, 1.54) is 6.42 Å². The van der Waals surface area contributed by atoms with E-state index >= 15 is 0 Å². The van der Waals surface area contributed by atoms with Crippen LogP contribution in [0.3, 0.4) is 0 Å². The Morgan fingerprint density at radius 3 is 2.62 bits per heavy atom. The molecule has 130 valence electrons. The zero-order valence-corrected chi connectivity index (χ0v) is 14.6. The Labute approximate surface area is 149 Å². The highest BCUT2D eigenvalue weighted by atomic mass is 35.5. The molecule has 0 spiro atoms. The van der Waals surface area contributed by atoms with Gasteiger partial charge in [-0.25, -0.2) is 4.68 Å². The van der Waals surface area contributed by atoms with Gasteiger partial charge in [-0.15, -0.1) is 12.4 Å². The molecule has 1 amide bonds.